The Hall–Kier alpha value is -1.86. The quantitative estimate of drug-likeness (QED) is 0.666. The fourth-order valence-corrected chi connectivity index (χ4v) is 3.88. The molecule has 0 N–H and O–H groups in total. The van der Waals surface area contributed by atoms with E-state index < -0.39 is 0 Å². The van der Waals surface area contributed by atoms with Crippen LogP contribution in [0.25, 0.3) is 16.7 Å². The topological polar surface area (TPSA) is 3.24 Å². The molecule has 0 aromatic heterocycles. The highest BCUT2D eigenvalue weighted by molar-refractivity contribution is 5.80. The van der Waals surface area contributed by atoms with E-state index in [1.54, 1.807) is 0 Å². The highest BCUT2D eigenvalue weighted by atomic mass is 15.2. The van der Waals surface area contributed by atoms with E-state index in [0.717, 1.165) is 6.54 Å². The summed E-state index contributed by atoms with van der Waals surface area (Å²) in [6.45, 7) is 8.05. The van der Waals surface area contributed by atoms with Gasteiger partial charge in [-0.1, -0.05) is 67.1 Å². The van der Waals surface area contributed by atoms with Crippen LogP contribution in [-0.2, 0) is 0 Å². The van der Waals surface area contributed by atoms with Crippen molar-refractivity contribution in [2.45, 2.75) is 52.1 Å². The second kappa shape index (κ2) is 7.81. The van der Waals surface area contributed by atoms with Crippen LogP contribution in [0.5, 0.6) is 0 Å². The number of hydrogen-bond acceptors (Lipinski definition) is 1. The number of hydrogen-bond donors (Lipinski definition) is 0. The summed E-state index contributed by atoms with van der Waals surface area (Å²) in [5, 5.41) is 0. The third-order valence-electron chi connectivity index (χ3n) is 5.42. The summed E-state index contributed by atoms with van der Waals surface area (Å²) in [5.41, 5.74) is 5.34. The summed E-state index contributed by atoms with van der Waals surface area (Å²) in [4.78, 5) is 2.65. The summed E-state index contributed by atoms with van der Waals surface area (Å²) >= 11 is 0. The van der Waals surface area contributed by atoms with Crippen LogP contribution in [0.4, 0.5) is 0 Å². The largest absolute Gasteiger partial charge is 0.294 e. The molecule has 1 aliphatic heterocycles. The van der Waals surface area contributed by atoms with E-state index in [2.05, 4.69) is 86.3 Å². The van der Waals surface area contributed by atoms with Gasteiger partial charge in [-0.25, -0.2) is 0 Å². The van der Waals surface area contributed by atoms with Gasteiger partial charge in [-0.15, -0.1) is 0 Å². The number of benzene rings is 2. The Balaban J connectivity index is 1.84. The van der Waals surface area contributed by atoms with E-state index in [4.69, 9.17) is 0 Å². The van der Waals surface area contributed by atoms with Crippen LogP contribution in [0.1, 0.15) is 45.6 Å². The molecule has 0 spiro atoms. The molecule has 2 unspecified atom stereocenters. The van der Waals surface area contributed by atoms with Gasteiger partial charge in [-0.3, -0.25) is 4.90 Å². The standard InChI is InChI=1S/C23H29N/c1-18(16-17-24-19(2)10-9-11-20(24)3)22-14-7-8-15-23(22)21-12-5-4-6-13-21/h4-8,12-16,19-20H,9-11,17H2,1-3H3. The van der Waals surface area contributed by atoms with E-state index in [0.29, 0.717) is 12.1 Å². The fourth-order valence-electron chi connectivity index (χ4n) is 3.88. The number of likely N-dealkylation sites (tertiary alicyclic amines) is 1. The first-order chi connectivity index (χ1) is 11.7. The van der Waals surface area contributed by atoms with E-state index in [9.17, 15) is 0 Å². The van der Waals surface area contributed by atoms with Crippen molar-refractivity contribution in [1.29, 1.82) is 0 Å². The molecule has 3 rings (SSSR count). The Morgan fingerprint density at radius 2 is 1.58 bits per heavy atom. The van der Waals surface area contributed by atoms with Crippen LogP contribution in [0, 0.1) is 0 Å². The van der Waals surface area contributed by atoms with Crippen molar-refractivity contribution in [3.8, 4) is 11.1 Å². The Morgan fingerprint density at radius 3 is 2.29 bits per heavy atom. The Morgan fingerprint density at radius 1 is 0.958 bits per heavy atom. The molecule has 0 saturated carbocycles. The lowest BCUT2D eigenvalue weighted by Gasteiger charge is -2.38. The van der Waals surface area contributed by atoms with Crippen molar-refractivity contribution in [1.82, 2.24) is 4.90 Å². The molecule has 1 aliphatic rings. The zero-order chi connectivity index (χ0) is 16.9. The van der Waals surface area contributed by atoms with Gasteiger partial charge in [0.05, 0.1) is 0 Å². The van der Waals surface area contributed by atoms with Gasteiger partial charge in [0, 0.05) is 18.6 Å². The van der Waals surface area contributed by atoms with E-state index >= 15 is 0 Å². The van der Waals surface area contributed by atoms with Gasteiger partial charge < -0.3 is 0 Å². The Labute approximate surface area is 147 Å². The lowest BCUT2D eigenvalue weighted by Crippen LogP contribution is -2.43. The molecule has 2 atom stereocenters. The average Bonchev–Trinajstić information content (AvgIpc) is 2.62. The molecular weight excluding hydrogens is 290 g/mol. The lowest BCUT2D eigenvalue weighted by atomic mass is 9.94. The first kappa shape index (κ1) is 17.0. The second-order valence-electron chi connectivity index (χ2n) is 7.12. The van der Waals surface area contributed by atoms with E-state index in [1.807, 2.05) is 0 Å². The molecule has 0 bridgehead atoms. The first-order valence-electron chi connectivity index (χ1n) is 9.24. The number of piperidine rings is 1. The molecule has 2 aromatic rings. The molecule has 0 aliphatic carbocycles. The van der Waals surface area contributed by atoms with Gasteiger partial charge in [-0.2, -0.15) is 0 Å². The van der Waals surface area contributed by atoms with Crippen LogP contribution in [0.2, 0.25) is 0 Å². The predicted molar refractivity (Wildman–Crippen MR) is 105 cm³/mol. The molecule has 1 fully saturated rings. The van der Waals surface area contributed by atoms with Gasteiger partial charge >= 0.3 is 0 Å². The number of allylic oxidation sites excluding steroid dienone is 1. The molecule has 24 heavy (non-hydrogen) atoms. The summed E-state index contributed by atoms with van der Waals surface area (Å²) in [6, 6.07) is 20.8. The summed E-state index contributed by atoms with van der Waals surface area (Å²) < 4.78 is 0. The van der Waals surface area contributed by atoms with E-state index in [-0.39, 0.29) is 0 Å². The summed E-state index contributed by atoms with van der Waals surface area (Å²) in [5.74, 6) is 0. The smallest absolute Gasteiger partial charge is 0.0174 e. The van der Waals surface area contributed by atoms with Crippen molar-refractivity contribution in [2.24, 2.45) is 0 Å². The zero-order valence-corrected chi connectivity index (χ0v) is 15.2. The monoisotopic (exact) mass is 319 g/mol. The Bertz CT molecular complexity index is 676. The van der Waals surface area contributed by atoms with Crippen LogP contribution in [0.3, 0.4) is 0 Å². The zero-order valence-electron chi connectivity index (χ0n) is 15.2. The van der Waals surface area contributed by atoms with Crippen LogP contribution >= 0.6 is 0 Å². The molecule has 1 heterocycles. The van der Waals surface area contributed by atoms with Gasteiger partial charge in [0.1, 0.15) is 0 Å². The maximum Gasteiger partial charge on any atom is 0.0174 e. The van der Waals surface area contributed by atoms with Gasteiger partial charge in [-0.05, 0) is 55.9 Å². The molecule has 1 heteroatoms. The first-order valence-corrected chi connectivity index (χ1v) is 9.24. The maximum atomic E-state index is 2.65. The minimum Gasteiger partial charge on any atom is -0.294 e. The number of nitrogens with zero attached hydrogens (tertiary/aromatic N) is 1. The fraction of sp³-hybridized carbons (Fsp3) is 0.391. The van der Waals surface area contributed by atoms with Crippen LogP contribution in [0.15, 0.2) is 60.7 Å². The normalized spacial score (nSPS) is 22.5. The summed E-state index contributed by atoms with van der Waals surface area (Å²) in [6.07, 6.45) is 6.45. The SMILES string of the molecule is CC(=CCN1C(C)CCCC1C)c1ccccc1-c1ccccc1. The van der Waals surface area contributed by atoms with Crippen LogP contribution < -0.4 is 0 Å². The highest BCUT2D eigenvalue weighted by Crippen LogP contribution is 2.29. The van der Waals surface area contributed by atoms with Crippen molar-refractivity contribution < 1.29 is 0 Å². The van der Waals surface area contributed by atoms with Gasteiger partial charge in [0.2, 0.25) is 0 Å². The minimum atomic E-state index is 0.696. The van der Waals surface area contributed by atoms with Gasteiger partial charge in [0.15, 0.2) is 0 Å². The summed E-state index contributed by atoms with van der Waals surface area (Å²) in [7, 11) is 0. The minimum absolute atomic E-state index is 0.696. The van der Waals surface area contributed by atoms with Crippen molar-refractivity contribution in [2.75, 3.05) is 6.54 Å². The molecular formula is C23H29N. The molecule has 126 valence electrons. The third kappa shape index (κ3) is 3.79. The van der Waals surface area contributed by atoms with E-state index in [1.165, 1.54) is 41.5 Å². The van der Waals surface area contributed by atoms with Crippen molar-refractivity contribution in [3.05, 3.63) is 66.2 Å². The third-order valence-corrected chi connectivity index (χ3v) is 5.42. The molecule has 0 radical (unpaired) electrons. The molecule has 1 saturated heterocycles. The second-order valence-corrected chi connectivity index (χ2v) is 7.12. The van der Waals surface area contributed by atoms with Gasteiger partial charge in [0.25, 0.3) is 0 Å². The van der Waals surface area contributed by atoms with Crippen LogP contribution in [-0.4, -0.2) is 23.5 Å². The molecule has 0 amide bonds. The maximum absolute atomic E-state index is 2.65. The molecule has 2 aromatic carbocycles. The average molecular weight is 319 g/mol. The Kier molecular flexibility index (Phi) is 5.52. The van der Waals surface area contributed by atoms with Crippen molar-refractivity contribution in [3.63, 3.8) is 0 Å². The lowest BCUT2D eigenvalue weighted by molar-refractivity contribution is 0.119. The highest BCUT2D eigenvalue weighted by Gasteiger charge is 2.23. The molecule has 1 nitrogen and oxygen atoms in total. The number of rotatable bonds is 4. The predicted octanol–water partition coefficient (Wildman–Crippen LogP) is 6.02. The van der Waals surface area contributed by atoms with Crippen molar-refractivity contribution >= 4 is 5.57 Å².